The highest BCUT2D eigenvalue weighted by atomic mass is 16.2. The van der Waals surface area contributed by atoms with Crippen molar-refractivity contribution in [3.05, 3.63) is 0 Å². The minimum absolute atomic E-state index is 0.147. The van der Waals surface area contributed by atoms with Crippen molar-refractivity contribution in [2.75, 3.05) is 13.1 Å². The van der Waals surface area contributed by atoms with E-state index in [0.29, 0.717) is 17.2 Å². The summed E-state index contributed by atoms with van der Waals surface area (Å²) in [6.45, 7) is 12.8. The Labute approximate surface area is 100 Å². The second kappa shape index (κ2) is 5.20. The predicted octanol–water partition coefficient (Wildman–Crippen LogP) is 3.32. The van der Waals surface area contributed by atoms with E-state index in [1.165, 1.54) is 19.3 Å². The lowest BCUT2D eigenvalue weighted by atomic mass is 9.81. The first kappa shape index (κ1) is 13.5. The summed E-state index contributed by atoms with van der Waals surface area (Å²) >= 11 is 0. The molecule has 1 amide bonds. The van der Waals surface area contributed by atoms with Crippen molar-refractivity contribution in [1.82, 2.24) is 4.90 Å². The summed E-state index contributed by atoms with van der Waals surface area (Å²) in [6.07, 6.45) is 3.70. The van der Waals surface area contributed by atoms with E-state index in [9.17, 15) is 4.79 Å². The number of hydrogen-bond acceptors (Lipinski definition) is 1. The van der Waals surface area contributed by atoms with Gasteiger partial charge in [-0.15, -0.1) is 0 Å². The molecule has 16 heavy (non-hydrogen) atoms. The number of hydrogen-bond donors (Lipinski definition) is 0. The Bertz CT molecular complexity index is 240. The van der Waals surface area contributed by atoms with Crippen molar-refractivity contribution in [2.45, 2.75) is 53.9 Å². The van der Waals surface area contributed by atoms with Crippen LogP contribution >= 0.6 is 0 Å². The zero-order valence-electron chi connectivity index (χ0n) is 11.5. The van der Waals surface area contributed by atoms with Gasteiger partial charge in [-0.1, -0.05) is 34.6 Å². The number of likely N-dealkylation sites (tertiary alicyclic amines) is 1. The predicted molar refractivity (Wildman–Crippen MR) is 68.2 cm³/mol. The lowest BCUT2D eigenvalue weighted by Crippen LogP contribution is -2.42. The summed E-state index contributed by atoms with van der Waals surface area (Å²) in [4.78, 5) is 14.0. The molecule has 0 spiro atoms. The fourth-order valence-corrected chi connectivity index (χ4v) is 2.66. The summed E-state index contributed by atoms with van der Waals surface area (Å²) in [7, 11) is 0. The first-order valence-electron chi connectivity index (χ1n) is 6.58. The van der Waals surface area contributed by atoms with Crippen molar-refractivity contribution in [3.8, 4) is 0 Å². The Morgan fingerprint density at radius 2 is 2.00 bits per heavy atom. The lowest BCUT2D eigenvalue weighted by molar-refractivity contribution is -0.136. The van der Waals surface area contributed by atoms with Crippen LogP contribution in [0, 0.1) is 17.3 Å². The third kappa shape index (κ3) is 4.15. The Hall–Kier alpha value is -0.530. The molecule has 1 atom stereocenters. The molecule has 0 aromatic carbocycles. The Kier molecular flexibility index (Phi) is 4.40. The fourth-order valence-electron chi connectivity index (χ4n) is 2.66. The molecule has 0 radical (unpaired) electrons. The van der Waals surface area contributed by atoms with Crippen LogP contribution in [0.5, 0.6) is 0 Å². The first-order chi connectivity index (χ1) is 7.29. The van der Waals surface area contributed by atoms with Gasteiger partial charge in [-0.3, -0.25) is 4.79 Å². The number of rotatable bonds is 2. The Morgan fingerprint density at radius 3 is 2.50 bits per heavy atom. The number of amides is 1. The zero-order valence-corrected chi connectivity index (χ0v) is 11.5. The van der Waals surface area contributed by atoms with Gasteiger partial charge in [0.05, 0.1) is 0 Å². The van der Waals surface area contributed by atoms with E-state index in [0.717, 1.165) is 13.1 Å². The molecule has 1 rings (SSSR count). The van der Waals surface area contributed by atoms with Crippen LogP contribution in [-0.2, 0) is 4.79 Å². The van der Waals surface area contributed by atoms with Crippen LogP contribution in [0.3, 0.4) is 0 Å². The van der Waals surface area contributed by atoms with E-state index in [4.69, 9.17) is 0 Å². The molecule has 1 saturated heterocycles. The molecule has 0 saturated carbocycles. The van der Waals surface area contributed by atoms with Gasteiger partial charge in [0.15, 0.2) is 0 Å². The third-order valence-electron chi connectivity index (χ3n) is 3.23. The van der Waals surface area contributed by atoms with Crippen molar-refractivity contribution < 1.29 is 4.79 Å². The number of piperidine rings is 1. The second-order valence-corrected chi connectivity index (χ2v) is 6.71. The maximum atomic E-state index is 11.9. The van der Waals surface area contributed by atoms with Crippen LogP contribution in [0.1, 0.15) is 53.9 Å². The summed E-state index contributed by atoms with van der Waals surface area (Å²) in [5, 5.41) is 0. The molecule has 0 aromatic rings. The van der Waals surface area contributed by atoms with Crippen LogP contribution in [-0.4, -0.2) is 23.9 Å². The number of carbonyl (C=O) groups is 1. The van der Waals surface area contributed by atoms with Crippen molar-refractivity contribution in [3.63, 3.8) is 0 Å². The molecule has 2 heteroatoms. The van der Waals surface area contributed by atoms with E-state index in [1.807, 2.05) is 13.8 Å². The minimum Gasteiger partial charge on any atom is -0.342 e. The molecule has 0 bridgehead atoms. The van der Waals surface area contributed by atoms with Gasteiger partial charge >= 0.3 is 0 Å². The maximum absolute atomic E-state index is 11.9. The molecule has 1 heterocycles. The van der Waals surface area contributed by atoms with E-state index < -0.39 is 0 Å². The lowest BCUT2D eigenvalue weighted by Gasteiger charge is -2.36. The van der Waals surface area contributed by atoms with Crippen molar-refractivity contribution in [2.24, 2.45) is 17.3 Å². The quantitative estimate of drug-likeness (QED) is 0.706. The number of nitrogens with zero attached hydrogens (tertiary/aromatic N) is 1. The summed E-state index contributed by atoms with van der Waals surface area (Å²) in [5.74, 6) is 1.18. The minimum atomic E-state index is 0.147. The molecule has 2 nitrogen and oxygen atoms in total. The fraction of sp³-hybridized carbons (Fsp3) is 0.929. The monoisotopic (exact) mass is 225 g/mol. The van der Waals surface area contributed by atoms with E-state index >= 15 is 0 Å². The second-order valence-electron chi connectivity index (χ2n) is 6.71. The van der Waals surface area contributed by atoms with Gasteiger partial charge in [-0.05, 0) is 30.6 Å². The van der Waals surface area contributed by atoms with Gasteiger partial charge in [0, 0.05) is 19.0 Å². The largest absolute Gasteiger partial charge is 0.342 e. The molecule has 1 fully saturated rings. The highest BCUT2D eigenvalue weighted by Crippen LogP contribution is 2.30. The molecule has 0 aliphatic carbocycles. The Balaban J connectivity index is 2.50. The van der Waals surface area contributed by atoms with Gasteiger partial charge in [0.2, 0.25) is 5.91 Å². The van der Waals surface area contributed by atoms with Crippen LogP contribution in [0.25, 0.3) is 0 Å². The molecular weight excluding hydrogens is 198 g/mol. The van der Waals surface area contributed by atoms with E-state index in [-0.39, 0.29) is 5.92 Å². The van der Waals surface area contributed by atoms with Gasteiger partial charge < -0.3 is 4.90 Å². The first-order valence-corrected chi connectivity index (χ1v) is 6.58. The normalized spacial score (nSPS) is 22.6. The Morgan fingerprint density at radius 1 is 1.38 bits per heavy atom. The molecule has 0 unspecified atom stereocenters. The van der Waals surface area contributed by atoms with Crippen LogP contribution in [0.4, 0.5) is 0 Å². The maximum Gasteiger partial charge on any atom is 0.225 e. The summed E-state index contributed by atoms with van der Waals surface area (Å²) in [6, 6.07) is 0. The molecular formula is C14H27NO. The van der Waals surface area contributed by atoms with Crippen molar-refractivity contribution >= 4 is 5.91 Å². The van der Waals surface area contributed by atoms with Crippen LogP contribution in [0.15, 0.2) is 0 Å². The van der Waals surface area contributed by atoms with Gasteiger partial charge in [-0.25, -0.2) is 0 Å². The molecule has 0 N–H and O–H groups in total. The SMILES string of the molecule is CC(C)C(=O)N1CCC[C@H](CC(C)(C)C)C1. The average molecular weight is 225 g/mol. The molecule has 0 aromatic heterocycles. The van der Waals surface area contributed by atoms with E-state index in [1.54, 1.807) is 0 Å². The summed E-state index contributed by atoms with van der Waals surface area (Å²) < 4.78 is 0. The zero-order chi connectivity index (χ0) is 12.3. The molecule has 94 valence electrons. The van der Waals surface area contributed by atoms with Gasteiger partial charge in [0.25, 0.3) is 0 Å². The summed E-state index contributed by atoms with van der Waals surface area (Å²) in [5.41, 5.74) is 0.383. The number of carbonyl (C=O) groups excluding carboxylic acids is 1. The van der Waals surface area contributed by atoms with E-state index in [2.05, 4.69) is 25.7 Å². The molecule has 1 aliphatic rings. The molecule has 1 aliphatic heterocycles. The average Bonchev–Trinajstić information content (AvgIpc) is 2.14. The third-order valence-corrected chi connectivity index (χ3v) is 3.23. The topological polar surface area (TPSA) is 20.3 Å². The smallest absolute Gasteiger partial charge is 0.225 e. The van der Waals surface area contributed by atoms with Crippen molar-refractivity contribution in [1.29, 1.82) is 0 Å². The van der Waals surface area contributed by atoms with Crippen LogP contribution in [0.2, 0.25) is 0 Å². The highest BCUT2D eigenvalue weighted by molar-refractivity contribution is 5.78. The van der Waals surface area contributed by atoms with Crippen LogP contribution < -0.4 is 0 Å². The van der Waals surface area contributed by atoms with Gasteiger partial charge in [-0.2, -0.15) is 0 Å². The highest BCUT2D eigenvalue weighted by Gasteiger charge is 2.27. The van der Waals surface area contributed by atoms with Gasteiger partial charge in [0.1, 0.15) is 0 Å². The standard InChI is InChI=1S/C14H27NO/c1-11(2)13(16)15-8-6-7-12(10-15)9-14(3,4)5/h11-12H,6-10H2,1-5H3/t12-/m1/s1.